The molecule has 0 aromatic heterocycles. The molecule has 0 aliphatic carbocycles. The van der Waals surface area contributed by atoms with Gasteiger partial charge in [0.25, 0.3) is 0 Å². The average molecular weight is 489 g/mol. The minimum atomic E-state index is -2.80. The van der Waals surface area contributed by atoms with Gasteiger partial charge in [-0.15, -0.1) is 24.0 Å². The third-order valence-corrected chi connectivity index (χ3v) is 5.90. The van der Waals surface area contributed by atoms with E-state index < -0.39 is 9.84 Å². The molecule has 10 heteroatoms. The van der Waals surface area contributed by atoms with Crippen LogP contribution in [0.5, 0.6) is 0 Å². The number of aliphatic imine (C=N–C) groups is 1. The fourth-order valence-electron chi connectivity index (χ4n) is 2.78. The van der Waals surface area contributed by atoms with E-state index in [1.54, 1.807) is 0 Å². The minimum absolute atomic E-state index is 0. The SMILES string of the molecule is CCNC(=NCCN1CCS(=O)(=O)CC1)NCCN1CCOCC1.I. The summed E-state index contributed by atoms with van der Waals surface area (Å²) < 4.78 is 28.2. The highest BCUT2D eigenvalue weighted by molar-refractivity contribution is 14.0. The van der Waals surface area contributed by atoms with Crippen LogP contribution < -0.4 is 10.6 Å². The van der Waals surface area contributed by atoms with Gasteiger partial charge in [0.05, 0.1) is 31.3 Å². The van der Waals surface area contributed by atoms with Crippen LogP contribution in [0.3, 0.4) is 0 Å². The van der Waals surface area contributed by atoms with Crippen LogP contribution in [-0.4, -0.2) is 108 Å². The van der Waals surface area contributed by atoms with Gasteiger partial charge in [0.15, 0.2) is 15.8 Å². The second kappa shape index (κ2) is 12.3. The molecule has 2 aliphatic rings. The summed E-state index contributed by atoms with van der Waals surface area (Å²) in [5, 5.41) is 6.61. The van der Waals surface area contributed by atoms with E-state index >= 15 is 0 Å². The first-order valence-electron chi connectivity index (χ1n) is 8.84. The Balaban J connectivity index is 0.00000312. The first kappa shape index (κ1) is 22.9. The van der Waals surface area contributed by atoms with Crippen molar-refractivity contribution in [2.24, 2.45) is 4.99 Å². The van der Waals surface area contributed by atoms with Crippen molar-refractivity contribution in [1.29, 1.82) is 0 Å². The van der Waals surface area contributed by atoms with Crippen LogP contribution in [-0.2, 0) is 14.6 Å². The van der Waals surface area contributed by atoms with Gasteiger partial charge in [-0.2, -0.15) is 0 Å². The van der Waals surface area contributed by atoms with E-state index in [4.69, 9.17) is 4.74 Å². The highest BCUT2D eigenvalue weighted by atomic mass is 127. The largest absolute Gasteiger partial charge is 0.379 e. The standard InChI is InChI=1S/C15H31N5O3S.HI/c1-2-16-15(17-3-5-19-7-11-23-12-8-19)18-4-6-20-9-13-24(21,22)14-10-20;/h2-14H2,1H3,(H2,16,17,18);1H. The summed E-state index contributed by atoms with van der Waals surface area (Å²) >= 11 is 0. The molecule has 0 spiro atoms. The molecule has 0 aromatic carbocycles. The lowest BCUT2D eigenvalue weighted by atomic mass is 10.4. The van der Waals surface area contributed by atoms with Gasteiger partial charge in [0.1, 0.15) is 0 Å². The van der Waals surface area contributed by atoms with Crippen LogP contribution in [0.1, 0.15) is 6.92 Å². The zero-order valence-electron chi connectivity index (χ0n) is 15.1. The summed E-state index contributed by atoms with van der Waals surface area (Å²) in [4.78, 5) is 9.14. The molecule has 0 unspecified atom stereocenters. The van der Waals surface area contributed by atoms with E-state index in [9.17, 15) is 8.42 Å². The third-order valence-electron chi connectivity index (χ3n) is 4.29. The predicted molar refractivity (Wildman–Crippen MR) is 112 cm³/mol. The quantitative estimate of drug-likeness (QED) is 0.276. The number of guanidine groups is 1. The molecular formula is C15H32IN5O3S. The van der Waals surface area contributed by atoms with Gasteiger partial charge in [-0.1, -0.05) is 0 Å². The molecule has 2 heterocycles. The molecule has 0 radical (unpaired) electrons. The van der Waals surface area contributed by atoms with Crippen LogP contribution in [0.15, 0.2) is 4.99 Å². The van der Waals surface area contributed by atoms with Crippen LogP contribution >= 0.6 is 24.0 Å². The summed E-state index contributed by atoms with van der Waals surface area (Å²) in [5.41, 5.74) is 0. The smallest absolute Gasteiger partial charge is 0.191 e. The van der Waals surface area contributed by atoms with E-state index in [-0.39, 0.29) is 35.5 Å². The van der Waals surface area contributed by atoms with E-state index in [2.05, 4.69) is 32.3 Å². The maximum Gasteiger partial charge on any atom is 0.191 e. The zero-order valence-corrected chi connectivity index (χ0v) is 18.2. The van der Waals surface area contributed by atoms with E-state index in [1.165, 1.54) is 0 Å². The Kier molecular flexibility index (Phi) is 11.2. The molecule has 2 fully saturated rings. The average Bonchev–Trinajstić information content (AvgIpc) is 2.57. The number of hydrogen-bond acceptors (Lipinski definition) is 6. The van der Waals surface area contributed by atoms with Gasteiger partial charge in [-0.25, -0.2) is 8.42 Å². The number of nitrogens with zero attached hydrogens (tertiary/aromatic N) is 3. The number of morpholine rings is 1. The number of nitrogens with one attached hydrogen (secondary N) is 2. The first-order chi connectivity index (χ1) is 11.6. The molecule has 0 bridgehead atoms. The van der Waals surface area contributed by atoms with Crippen molar-refractivity contribution in [3.63, 3.8) is 0 Å². The predicted octanol–water partition coefficient (Wildman–Crippen LogP) is -0.778. The van der Waals surface area contributed by atoms with Gasteiger partial charge >= 0.3 is 0 Å². The Morgan fingerprint density at radius 2 is 1.68 bits per heavy atom. The summed E-state index contributed by atoms with van der Waals surface area (Å²) in [5.74, 6) is 1.37. The van der Waals surface area contributed by atoms with Gasteiger partial charge in [-0.3, -0.25) is 14.8 Å². The normalized spacial score (nSPS) is 22.2. The van der Waals surface area contributed by atoms with Crippen molar-refractivity contribution < 1.29 is 13.2 Å². The van der Waals surface area contributed by atoms with Crippen LogP contribution in [0.25, 0.3) is 0 Å². The fourth-order valence-corrected chi connectivity index (χ4v) is 4.05. The van der Waals surface area contributed by atoms with Crippen molar-refractivity contribution in [3.8, 4) is 0 Å². The number of sulfone groups is 1. The molecular weight excluding hydrogens is 457 g/mol. The second-order valence-electron chi connectivity index (χ2n) is 6.13. The molecule has 0 saturated carbocycles. The molecule has 0 amide bonds. The first-order valence-corrected chi connectivity index (χ1v) is 10.7. The monoisotopic (exact) mass is 489 g/mol. The molecule has 0 aromatic rings. The maximum atomic E-state index is 11.4. The summed E-state index contributed by atoms with van der Waals surface area (Å²) in [6, 6.07) is 0. The summed E-state index contributed by atoms with van der Waals surface area (Å²) in [7, 11) is -2.80. The van der Waals surface area contributed by atoms with Gasteiger partial charge < -0.3 is 15.4 Å². The Morgan fingerprint density at radius 1 is 1.04 bits per heavy atom. The summed E-state index contributed by atoms with van der Waals surface area (Å²) in [6.07, 6.45) is 0. The molecule has 2 N–H and O–H groups in total. The van der Waals surface area contributed by atoms with Crippen molar-refractivity contribution in [2.45, 2.75) is 6.92 Å². The molecule has 2 saturated heterocycles. The molecule has 148 valence electrons. The third kappa shape index (κ3) is 9.36. The number of rotatable bonds is 7. The fraction of sp³-hybridized carbons (Fsp3) is 0.933. The van der Waals surface area contributed by atoms with E-state index in [0.29, 0.717) is 19.6 Å². The van der Waals surface area contributed by atoms with Gasteiger partial charge in [0.2, 0.25) is 0 Å². The van der Waals surface area contributed by atoms with Crippen LogP contribution in [0, 0.1) is 0 Å². The van der Waals surface area contributed by atoms with Gasteiger partial charge in [0, 0.05) is 52.4 Å². The Bertz CT molecular complexity index is 483. The molecule has 0 atom stereocenters. The number of hydrogen-bond donors (Lipinski definition) is 2. The van der Waals surface area contributed by atoms with Crippen molar-refractivity contribution in [2.75, 3.05) is 83.6 Å². The van der Waals surface area contributed by atoms with Crippen molar-refractivity contribution >= 4 is 39.8 Å². The second-order valence-corrected chi connectivity index (χ2v) is 8.44. The van der Waals surface area contributed by atoms with Crippen LogP contribution in [0.4, 0.5) is 0 Å². The minimum Gasteiger partial charge on any atom is -0.379 e. The topological polar surface area (TPSA) is 86.3 Å². The Hall–Kier alpha value is -0.170. The summed E-state index contributed by atoms with van der Waals surface area (Å²) in [6.45, 7) is 11.1. The molecule has 25 heavy (non-hydrogen) atoms. The number of ether oxygens (including phenoxy) is 1. The van der Waals surface area contributed by atoms with Crippen molar-refractivity contribution in [3.05, 3.63) is 0 Å². The molecule has 2 rings (SSSR count). The van der Waals surface area contributed by atoms with Crippen molar-refractivity contribution in [1.82, 2.24) is 20.4 Å². The maximum absolute atomic E-state index is 11.4. The molecule has 2 aliphatic heterocycles. The van der Waals surface area contributed by atoms with E-state index in [1.807, 2.05) is 0 Å². The van der Waals surface area contributed by atoms with Crippen LogP contribution in [0.2, 0.25) is 0 Å². The zero-order chi connectivity index (χ0) is 17.3. The number of halogens is 1. The lowest BCUT2D eigenvalue weighted by Gasteiger charge is -2.27. The lowest BCUT2D eigenvalue weighted by Crippen LogP contribution is -2.45. The van der Waals surface area contributed by atoms with Gasteiger partial charge in [-0.05, 0) is 6.92 Å². The highest BCUT2D eigenvalue weighted by Crippen LogP contribution is 2.02. The lowest BCUT2D eigenvalue weighted by molar-refractivity contribution is 0.0389. The van der Waals surface area contributed by atoms with E-state index in [0.717, 1.165) is 58.4 Å². The Labute approximate surface area is 168 Å². The highest BCUT2D eigenvalue weighted by Gasteiger charge is 2.20. The molecule has 8 nitrogen and oxygen atoms in total. The Morgan fingerprint density at radius 3 is 2.32 bits per heavy atom.